The number of benzene rings is 2. The van der Waals surface area contributed by atoms with E-state index in [1.54, 1.807) is 0 Å². The standard InChI is InChI=1S/C14H10ClF3O/c1-19-13-6-8(2-4-12(13)18)14(15)10-7-9(16)3-5-11(10)17/h2-7,14H,1H3. The summed E-state index contributed by atoms with van der Waals surface area (Å²) >= 11 is 6.11. The van der Waals surface area contributed by atoms with Crippen LogP contribution in [0.15, 0.2) is 36.4 Å². The predicted molar refractivity (Wildman–Crippen MR) is 67.0 cm³/mol. The van der Waals surface area contributed by atoms with Crippen LogP contribution in [0.1, 0.15) is 16.5 Å². The van der Waals surface area contributed by atoms with Crippen LogP contribution in [0, 0.1) is 17.5 Å². The van der Waals surface area contributed by atoms with Crippen molar-refractivity contribution in [3.05, 3.63) is 65.0 Å². The lowest BCUT2D eigenvalue weighted by Gasteiger charge is -2.13. The van der Waals surface area contributed by atoms with Gasteiger partial charge in [-0.2, -0.15) is 0 Å². The van der Waals surface area contributed by atoms with Crippen molar-refractivity contribution in [2.45, 2.75) is 5.38 Å². The van der Waals surface area contributed by atoms with Gasteiger partial charge in [0.2, 0.25) is 0 Å². The molecule has 0 N–H and O–H groups in total. The van der Waals surface area contributed by atoms with Crippen molar-refractivity contribution in [3.63, 3.8) is 0 Å². The highest BCUT2D eigenvalue weighted by Gasteiger charge is 2.17. The molecule has 0 heterocycles. The quantitative estimate of drug-likeness (QED) is 0.758. The van der Waals surface area contributed by atoms with E-state index >= 15 is 0 Å². The Hall–Kier alpha value is -1.68. The lowest BCUT2D eigenvalue weighted by atomic mass is 10.0. The van der Waals surface area contributed by atoms with Crippen LogP contribution in [0.5, 0.6) is 5.75 Å². The Morgan fingerprint density at radius 2 is 1.68 bits per heavy atom. The largest absolute Gasteiger partial charge is 0.494 e. The molecule has 2 rings (SSSR count). The summed E-state index contributed by atoms with van der Waals surface area (Å²) in [5.74, 6) is -1.75. The van der Waals surface area contributed by atoms with Gasteiger partial charge in [0.15, 0.2) is 11.6 Å². The fourth-order valence-corrected chi connectivity index (χ4v) is 2.03. The molecule has 1 unspecified atom stereocenters. The zero-order valence-corrected chi connectivity index (χ0v) is 10.7. The van der Waals surface area contributed by atoms with E-state index in [0.717, 1.165) is 18.2 Å². The molecule has 1 atom stereocenters. The van der Waals surface area contributed by atoms with E-state index in [1.807, 2.05) is 0 Å². The van der Waals surface area contributed by atoms with E-state index in [2.05, 4.69) is 0 Å². The minimum absolute atomic E-state index is 0.0000359. The summed E-state index contributed by atoms with van der Waals surface area (Å²) in [6, 6.07) is 6.95. The van der Waals surface area contributed by atoms with E-state index in [0.29, 0.717) is 5.56 Å². The van der Waals surface area contributed by atoms with Crippen molar-refractivity contribution in [1.29, 1.82) is 0 Å². The number of ether oxygens (including phenoxy) is 1. The number of methoxy groups -OCH3 is 1. The van der Waals surface area contributed by atoms with Gasteiger partial charge in [-0.1, -0.05) is 6.07 Å². The van der Waals surface area contributed by atoms with Gasteiger partial charge < -0.3 is 4.74 Å². The third-order valence-corrected chi connectivity index (χ3v) is 3.19. The zero-order chi connectivity index (χ0) is 14.0. The second-order valence-electron chi connectivity index (χ2n) is 3.92. The highest BCUT2D eigenvalue weighted by molar-refractivity contribution is 6.22. The molecule has 19 heavy (non-hydrogen) atoms. The summed E-state index contributed by atoms with van der Waals surface area (Å²) in [7, 11) is 1.31. The molecular formula is C14H10ClF3O. The normalized spacial score (nSPS) is 12.3. The molecule has 0 radical (unpaired) electrons. The Morgan fingerprint density at radius 3 is 2.37 bits per heavy atom. The van der Waals surface area contributed by atoms with E-state index in [4.69, 9.17) is 16.3 Å². The number of hydrogen-bond donors (Lipinski definition) is 0. The Bertz CT molecular complexity index is 601. The summed E-state index contributed by atoms with van der Waals surface area (Å²) < 4.78 is 44.8. The lowest BCUT2D eigenvalue weighted by Crippen LogP contribution is -1.99. The molecule has 100 valence electrons. The lowest BCUT2D eigenvalue weighted by molar-refractivity contribution is 0.386. The molecule has 2 aromatic carbocycles. The van der Waals surface area contributed by atoms with Gasteiger partial charge >= 0.3 is 0 Å². The first-order valence-corrected chi connectivity index (χ1v) is 5.89. The first kappa shape index (κ1) is 13.7. The number of hydrogen-bond acceptors (Lipinski definition) is 1. The van der Waals surface area contributed by atoms with E-state index in [-0.39, 0.29) is 11.3 Å². The van der Waals surface area contributed by atoms with Crippen molar-refractivity contribution in [2.24, 2.45) is 0 Å². The average molecular weight is 287 g/mol. The number of alkyl halides is 1. The van der Waals surface area contributed by atoms with E-state index in [1.165, 1.54) is 25.3 Å². The third-order valence-electron chi connectivity index (χ3n) is 2.70. The summed E-state index contributed by atoms with van der Waals surface area (Å²) in [5.41, 5.74) is 0.416. The number of rotatable bonds is 3. The van der Waals surface area contributed by atoms with Crippen molar-refractivity contribution < 1.29 is 17.9 Å². The smallest absolute Gasteiger partial charge is 0.165 e. The number of halogens is 4. The molecule has 0 amide bonds. The van der Waals surface area contributed by atoms with Crippen molar-refractivity contribution in [1.82, 2.24) is 0 Å². The summed E-state index contributed by atoms with van der Waals surface area (Å²) in [4.78, 5) is 0. The van der Waals surface area contributed by atoms with Crippen molar-refractivity contribution in [2.75, 3.05) is 7.11 Å². The fraction of sp³-hybridized carbons (Fsp3) is 0.143. The van der Waals surface area contributed by atoms with Gasteiger partial charge in [0.25, 0.3) is 0 Å². The molecule has 0 aromatic heterocycles. The Morgan fingerprint density at radius 1 is 1.00 bits per heavy atom. The Labute approximate surface area is 113 Å². The van der Waals surface area contributed by atoms with Crippen LogP contribution in [-0.2, 0) is 0 Å². The third kappa shape index (κ3) is 2.84. The van der Waals surface area contributed by atoms with Crippen LogP contribution in [0.25, 0.3) is 0 Å². The van der Waals surface area contributed by atoms with Gasteiger partial charge in [0.05, 0.1) is 12.5 Å². The Kier molecular flexibility index (Phi) is 4.00. The monoisotopic (exact) mass is 286 g/mol. The summed E-state index contributed by atoms with van der Waals surface area (Å²) in [6.07, 6.45) is 0. The predicted octanol–water partition coefficient (Wildman–Crippen LogP) is 4.44. The minimum Gasteiger partial charge on any atom is -0.494 e. The van der Waals surface area contributed by atoms with Crippen LogP contribution >= 0.6 is 11.6 Å². The molecule has 0 aliphatic rings. The van der Waals surface area contributed by atoms with Crippen LogP contribution < -0.4 is 4.74 Å². The topological polar surface area (TPSA) is 9.23 Å². The highest BCUT2D eigenvalue weighted by atomic mass is 35.5. The van der Waals surface area contributed by atoms with Gasteiger partial charge in [0, 0.05) is 5.56 Å². The van der Waals surface area contributed by atoms with Crippen molar-refractivity contribution >= 4 is 11.6 Å². The van der Waals surface area contributed by atoms with Crippen LogP contribution in [0.4, 0.5) is 13.2 Å². The molecular weight excluding hydrogens is 277 g/mol. The molecule has 5 heteroatoms. The molecule has 0 bridgehead atoms. The maximum atomic E-state index is 13.6. The first-order valence-electron chi connectivity index (χ1n) is 5.45. The molecule has 2 aromatic rings. The van der Waals surface area contributed by atoms with E-state index in [9.17, 15) is 13.2 Å². The molecule has 0 spiro atoms. The molecule has 0 saturated heterocycles. The maximum absolute atomic E-state index is 13.6. The zero-order valence-electron chi connectivity index (χ0n) is 9.96. The second kappa shape index (κ2) is 5.53. The van der Waals surface area contributed by atoms with Crippen LogP contribution in [0.3, 0.4) is 0 Å². The maximum Gasteiger partial charge on any atom is 0.165 e. The molecule has 0 aliphatic heterocycles. The highest BCUT2D eigenvalue weighted by Crippen LogP contribution is 2.33. The van der Waals surface area contributed by atoms with Gasteiger partial charge in [-0.25, -0.2) is 13.2 Å². The molecule has 0 saturated carbocycles. The Balaban J connectivity index is 2.43. The van der Waals surface area contributed by atoms with Crippen LogP contribution in [-0.4, -0.2) is 7.11 Å². The van der Waals surface area contributed by atoms with Gasteiger partial charge in [0.1, 0.15) is 11.6 Å². The molecule has 0 fully saturated rings. The first-order chi connectivity index (χ1) is 9.02. The van der Waals surface area contributed by atoms with Crippen LogP contribution in [0.2, 0.25) is 0 Å². The van der Waals surface area contributed by atoms with Gasteiger partial charge in [-0.3, -0.25) is 0 Å². The average Bonchev–Trinajstić information content (AvgIpc) is 2.41. The van der Waals surface area contributed by atoms with E-state index < -0.39 is 22.8 Å². The second-order valence-corrected chi connectivity index (χ2v) is 4.36. The summed E-state index contributed by atoms with van der Waals surface area (Å²) in [6.45, 7) is 0. The fourth-order valence-electron chi connectivity index (χ4n) is 1.72. The summed E-state index contributed by atoms with van der Waals surface area (Å²) in [5, 5.41) is -0.926. The molecule has 0 aliphatic carbocycles. The minimum atomic E-state index is -0.926. The van der Waals surface area contributed by atoms with Gasteiger partial charge in [-0.05, 0) is 35.9 Å². The molecule has 1 nitrogen and oxygen atoms in total. The van der Waals surface area contributed by atoms with Crippen molar-refractivity contribution in [3.8, 4) is 5.75 Å². The van der Waals surface area contributed by atoms with Gasteiger partial charge in [-0.15, -0.1) is 11.6 Å². The SMILES string of the molecule is COc1cc(C(Cl)c2cc(F)ccc2F)ccc1F.